The summed E-state index contributed by atoms with van der Waals surface area (Å²) < 4.78 is 10.7. The second kappa shape index (κ2) is 11.7. The van der Waals surface area contributed by atoms with Crippen molar-refractivity contribution in [1.29, 1.82) is 0 Å². The lowest BCUT2D eigenvalue weighted by Gasteiger charge is -2.23. The van der Waals surface area contributed by atoms with Crippen LogP contribution in [0.4, 0.5) is 0 Å². The second-order valence-electron chi connectivity index (χ2n) is 7.58. The summed E-state index contributed by atoms with van der Waals surface area (Å²) in [4.78, 5) is 11.8. The Morgan fingerprint density at radius 2 is 1.92 bits per heavy atom. The molecule has 3 heteroatoms. The van der Waals surface area contributed by atoms with Gasteiger partial charge in [-0.15, -0.1) is 0 Å². The lowest BCUT2D eigenvalue weighted by atomic mass is 9.95. The zero-order valence-electron chi connectivity index (χ0n) is 17.0. The predicted octanol–water partition coefficient (Wildman–Crippen LogP) is 5.85. The van der Waals surface area contributed by atoms with Gasteiger partial charge in [0.1, 0.15) is 6.61 Å². The monoisotopic (exact) mass is 358 g/mol. The quantitative estimate of drug-likeness (QED) is 0.283. The van der Waals surface area contributed by atoms with Crippen molar-refractivity contribution in [1.82, 2.24) is 0 Å². The van der Waals surface area contributed by atoms with Crippen molar-refractivity contribution in [2.75, 3.05) is 7.11 Å². The molecular formula is C23H34O3. The number of carbonyl (C=O) groups excluding carboxylic acids is 1. The first-order valence-corrected chi connectivity index (χ1v) is 9.43. The van der Waals surface area contributed by atoms with Crippen LogP contribution in [0.25, 0.3) is 0 Å². The molecular weight excluding hydrogens is 324 g/mol. The van der Waals surface area contributed by atoms with E-state index in [4.69, 9.17) is 9.47 Å². The van der Waals surface area contributed by atoms with Gasteiger partial charge in [-0.05, 0) is 50.7 Å². The number of benzene rings is 1. The number of allylic oxidation sites excluding steroid dienone is 3. The van der Waals surface area contributed by atoms with E-state index in [0.29, 0.717) is 12.5 Å². The van der Waals surface area contributed by atoms with Crippen LogP contribution in [-0.2, 0) is 20.9 Å². The molecule has 1 rings (SSSR count). The van der Waals surface area contributed by atoms with Gasteiger partial charge in [-0.2, -0.15) is 0 Å². The van der Waals surface area contributed by atoms with E-state index >= 15 is 0 Å². The molecule has 0 aliphatic heterocycles. The molecule has 1 atom stereocenters. The Kier molecular flexibility index (Phi) is 9.97. The number of esters is 1. The van der Waals surface area contributed by atoms with E-state index in [0.717, 1.165) is 30.4 Å². The molecule has 0 heterocycles. The lowest BCUT2D eigenvalue weighted by molar-refractivity contribution is -0.139. The number of rotatable bonds is 11. The Morgan fingerprint density at radius 1 is 1.23 bits per heavy atom. The first-order chi connectivity index (χ1) is 12.3. The average Bonchev–Trinajstić information content (AvgIpc) is 2.60. The number of carbonyl (C=O) groups is 1. The zero-order valence-corrected chi connectivity index (χ0v) is 17.0. The van der Waals surface area contributed by atoms with Crippen molar-refractivity contribution < 1.29 is 14.3 Å². The van der Waals surface area contributed by atoms with Crippen LogP contribution >= 0.6 is 0 Å². The maximum Gasteiger partial charge on any atom is 0.331 e. The van der Waals surface area contributed by atoms with Crippen LogP contribution in [0, 0.1) is 5.92 Å². The van der Waals surface area contributed by atoms with E-state index in [1.165, 1.54) is 6.42 Å². The third-order valence-electron chi connectivity index (χ3n) is 4.52. The van der Waals surface area contributed by atoms with Gasteiger partial charge in [-0.25, -0.2) is 4.79 Å². The molecule has 1 unspecified atom stereocenters. The molecule has 26 heavy (non-hydrogen) atoms. The van der Waals surface area contributed by atoms with Gasteiger partial charge in [0, 0.05) is 13.2 Å². The Hall–Kier alpha value is -1.87. The summed E-state index contributed by atoms with van der Waals surface area (Å²) in [5.74, 6) is 0.322. The van der Waals surface area contributed by atoms with E-state index in [2.05, 4.69) is 26.8 Å². The minimum absolute atomic E-state index is 0.0327. The fraction of sp³-hybridized carbons (Fsp3) is 0.522. The first kappa shape index (κ1) is 22.2. The van der Waals surface area contributed by atoms with Gasteiger partial charge in [0.2, 0.25) is 0 Å². The molecule has 0 aliphatic rings. The molecule has 0 aromatic heterocycles. The molecule has 0 bridgehead atoms. The number of ether oxygens (including phenoxy) is 2. The molecule has 0 amide bonds. The van der Waals surface area contributed by atoms with E-state index in [1.54, 1.807) is 13.2 Å². The molecule has 0 aliphatic carbocycles. The highest BCUT2D eigenvalue weighted by Crippen LogP contribution is 2.20. The largest absolute Gasteiger partial charge is 0.458 e. The minimum atomic E-state index is -0.300. The molecule has 1 aromatic rings. The van der Waals surface area contributed by atoms with Crippen LogP contribution in [0.1, 0.15) is 58.9 Å². The van der Waals surface area contributed by atoms with E-state index in [-0.39, 0.29) is 11.6 Å². The summed E-state index contributed by atoms with van der Waals surface area (Å²) >= 11 is 0. The molecule has 0 fully saturated rings. The van der Waals surface area contributed by atoms with Gasteiger partial charge in [0.15, 0.2) is 0 Å². The Labute approximate surface area is 159 Å². The van der Waals surface area contributed by atoms with Crippen molar-refractivity contribution in [2.24, 2.45) is 5.92 Å². The van der Waals surface area contributed by atoms with E-state index in [9.17, 15) is 4.79 Å². The number of methoxy groups -OCH3 is 1. The molecule has 0 saturated carbocycles. The first-order valence-electron chi connectivity index (χ1n) is 9.43. The van der Waals surface area contributed by atoms with E-state index in [1.807, 2.05) is 43.3 Å². The normalized spacial score (nSPS) is 13.8. The fourth-order valence-corrected chi connectivity index (χ4v) is 2.59. The lowest BCUT2D eigenvalue weighted by Crippen LogP contribution is -2.22. The van der Waals surface area contributed by atoms with Gasteiger partial charge in [0.05, 0.1) is 5.60 Å². The summed E-state index contributed by atoms with van der Waals surface area (Å²) in [6.45, 7) is 8.75. The molecule has 0 N–H and O–H groups in total. The third-order valence-corrected chi connectivity index (χ3v) is 4.52. The molecule has 0 saturated heterocycles. The van der Waals surface area contributed by atoms with Crippen molar-refractivity contribution >= 4 is 5.97 Å². The van der Waals surface area contributed by atoms with Gasteiger partial charge < -0.3 is 9.47 Å². The van der Waals surface area contributed by atoms with Crippen LogP contribution in [0.2, 0.25) is 0 Å². The Balaban J connectivity index is 2.28. The van der Waals surface area contributed by atoms with E-state index < -0.39 is 0 Å². The summed E-state index contributed by atoms with van der Waals surface area (Å²) in [6.07, 6.45) is 10.1. The second-order valence-corrected chi connectivity index (χ2v) is 7.58. The highest BCUT2D eigenvalue weighted by atomic mass is 16.5. The zero-order chi connectivity index (χ0) is 19.4. The van der Waals surface area contributed by atoms with Crippen LogP contribution in [-0.4, -0.2) is 18.7 Å². The van der Waals surface area contributed by atoms with Gasteiger partial charge in [-0.1, -0.05) is 62.2 Å². The van der Waals surface area contributed by atoms with Crippen molar-refractivity contribution in [2.45, 2.75) is 65.6 Å². The highest BCUT2D eigenvalue weighted by Gasteiger charge is 2.15. The summed E-state index contributed by atoms with van der Waals surface area (Å²) in [5, 5.41) is 0. The van der Waals surface area contributed by atoms with Crippen molar-refractivity contribution in [3.63, 3.8) is 0 Å². The summed E-state index contributed by atoms with van der Waals surface area (Å²) in [6, 6.07) is 9.70. The average molecular weight is 359 g/mol. The Morgan fingerprint density at radius 3 is 2.58 bits per heavy atom. The summed E-state index contributed by atoms with van der Waals surface area (Å²) in [7, 11) is 1.77. The molecule has 1 aromatic carbocycles. The number of hydrogen-bond acceptors (Lipinski definition) is 3. The topological polar surface area (TPSA) is 35.5 Å². The van der Waals surface area contributed by atoms with Crippen LogP contribution in [0.5, 0.6) is 0 Å². The molecule has 3 nitrogen and oxygen atoms in total. The molecule has 0 radical (unpaired) electrons. The maximum absolute atomic E-state index is 11.8. The molecule has 144 valence electrons. The van der Waals surface area contributed by atoms with Crippen molar-refractivity contribution in [3.8, 4) is 0 Å². The van der Waals surface area contributed by atoms with Gasteiger partial charge >= 0.3 is 5.97 Å². The standard InChI is InChI=1S/C23H34O3/c1-19(13-10-16-23(3,4)25-5)11-9-12-20(2)17-22(24)26-18-21-14-7-6-8-15-21/h6-9,12,14-15,17,19H,10-11,13,16,18H2,1-5H3/b12-9+,20-17+. The third kappa shape index (κ3) is 10.2. The Bertz CT molecular complexity index is 585. The van der Waals surface area contributed by atoms with Gasteiger partial charge in [-0.3, -0.25) is 0 Å². The van der Waals surface area contributed by atoms with Crippen LogP contribution < -0.4 is 0 Å². The maximum atomic E-state index is 11.8. The highest BCUT2D eigenvalue weighted by molar-refractivity contribution is 5.83. The molecule has 0 spiro atoms. The smallest absolute Gasteiger partial charge is 0.331 e. The number of hydrogen-bond donors (Lipinski definition) is 0. The van der Waals surface area contributed by atoms with Crippen LogP contribution in [0.15, 0.2) is 54.1 Å². The van der Waals surface area contributed by atoms with Gasteiger partial charge in [0.25, 0.3) is 0 Å². The predicted molar refractivity (Wildman–Crippen MR) is 108 cm³/mol. The van der Waals surface area contributed by atoms with Crippen molar-refractivity contribution in [3.05, 3.63) is 59.7 Å². The SMILES string of the molecule is COC(C)(C)CCCC(C)C/C=C/C(C)=C/C(=O)OCc1ccccc1. The fourth-order valence-electron chi connectivity index (χ4n) is 2.59. The van der Waals surface area contributed by atoms with Crippen LogP contribution in [0.3, 0.4) is 0 Å². The summed E-state index contributed by atoms with van der Waals surface area (Å²) in [5.41, 5.74) is 1.87. The minimum Gasteiger partial charge on any atom is -0.458 e.